The number of piperazine rings is 1. The first-order chi connectivity index (χ1) is 12.0. The highest BCUT2D eigenvalue weighted by Gasteiger charge is 2.28. The van der Waals surface area contributed by atoms with Crippen LogP contribution in [-0.2, 0) is 14.8 Å². The summed E-state index contributed by atoms with van der Waals surface area (Å²) < 4.78 is 25.8. The number of aromatic nitrogens is 1. The van der Waals surface area contributed by atoms with E-state index in [9.17, 15) is 13.2 Å². The summed E-state index contributed by atoms with van der Waals surface area (Å²) in [5.41, 5.74) is 0. The molecular formula is C17H26N4O3S. The normalized spacial score (nSPS) is 19.9. The van der Waals surface area contributed by atoms with Crippen LogP contribution in [0.25, 0.3) is 0 Å². The zero-order valence-corrected chi connectivity index (χ0v) is 15.5. The van der Waals surface area contributed by atoms with Crippen molar-refractivity contribution in [3.63, 3.8) is 0 Å². The van der Waals surface area contributed by atoms with Gasteiger partial charge in [0, 0.05) is 38.3 Å². The molecule has 25 heavy (non-hydrogen) atoms. The summed E-state index contributed by atoms with van der Waals surface area (Å²) >= 11 is 0. The standard InChI is InChI=1S/C17H26N4O3S/c1-18-25(23,24)15-7-8-16(19-13-15)20-9-11-21(12-10-20)17(22)14-5-3-2-4-6-14/h7-8,13-14,18H,2-6,9-12H2,1H3. The van der Waals surface area contributed by atoms with Crippen LogP contribution in [0.1, 0.15) is 32.1 Å². The van der Waals surface area contributed by atoms with Gasteiger partial charge in [-0.3, -0.25) is 4.79 Å². The number of hydrogen-bond donors (Lipinski definition) is 1. The van der Waals surface area contributed by atoms with Gasteiger partial charge in [-0.1, -0.05) is 19.3 Å². The van der Waals surface area contributed by atoms with Crippen LogP contribution < -0.4 is 9.62 Å². The number of hydrogen-bond acceptors (Lipinski definition) is 5. The first-order valence-electron chi connectivity index (χ1n) is 8.94. The zero-order chi connectivity index (χ0) is 17.9. The molecule has 7 nitrogen and oxygen atoms in total. The minimum Gasteiger partial charge on any atom is -0.353 e. The smallest absolute Gasteiger partial charge is 0.241 e. The van der Waals surface area contributed by atoms with Crippen LogP contribution in [0.4, 0.5) is 5.82 Å². The van der Waals surface area contributed by atoms with Crippen LogP contribution in [0.2, 0.25) is 0 Å². The lowest BCUT2D eigenvalue weighted by Crippen LogP contribution is -2.50. The Kier molecular flexibility index (Phi) is 5.58. The maximum atomic E-state index is 12.6. The van der Waals surface area contributed by atoms with Crippen molar-refractivity contribution in [1.82, 2.24) is 14.6 Å². The Hall–Kier alpha value is -1.67. The molecule has 1 aromatic heterocycles. The molecule has 1 saturated carbocycles. The Morgan fingerprint density at radius 3 is 2.36 bits per heavy atom. The predicted molar refractivity (Wildman–Crippen MR) is 95.9 cm³/mol. The predicted octanol–water partition coefficient (Wildman–Crippen LogP) is 1.22. The van der Waals surface area contributed by atoms with Crippen molar-refractivity contribution in [2.45, 2.75) is 37.0 Å². The van der Waals surface area contributed by atoms with E-state index in [1.54, 1.807) is 12.1 Å². The average Bonchev–Trinajstić information content (AvgIpc) is 2.68. The van der Waals surface area contributed by atoms with Gasteiger partial charge in [0.2, 0.25) is 15.9 Å². The first kappa shape index (κ1) is 18.1. The Morgan fingerprint density at radius 1 is 1.12 bits per heavy atom. The SMILES string of the molecule is CNS(=O)(=O)c1ccc(N2CCN(C(=O)C3CCCCC3)CC2)nc1. The molecule has 1 saturated heterocycles. The number of carbonyl (C=O) groups is 1. The number of pyridine rings is 1. The van der Waals surface area contributed by atoms with Crippen molar-refractivity contribution in [1.29, 1.82) is 0 Å². The molecule has 1 amide bonds. The molecule has 2 heterocycles. The Bertz CT molecular complexity index is 691. The van der Waals surface area contributed by atoms with Crippen molar-refractivity contribution < 1.29 is 13.2 Å². The molecule has 0 unspecified atom stereocenters. The third-order valence-electron chi connectivity index (χ3n) is 5.17. The summed E-state index contributed by atoms with van der Waals surface area (Å²) in [6, 6.07) is 3.29. The van der Waals surface area contributed by atoms with Gasteiger partial charge in [-0.05, 0) is 32.0 Å². The van der Waals surface area contributed by atoms with Crippen LogP contribution in [0.15, 0.2) is 23.2 Å². The van der Waals surface area contributed by atoms with E-state index in [4.69, 9.17) is 0 Å². The maximum Gasteiger partial charge on any atom is 0.241 e. The molecule has 0 bridgehead atoms. The van der Waals surface area contributed by atoms with Crippen molar-refractivity contribution in [3.05, 3.63) is 18.3 Å². The fourth-order valence-electron chi connectivity index (χ4n) is 3.60. The van der Waals surface area contributed by atoms with Gasteiger partial charge in [-0.25, -0.2) is 18.1 Å². The summed E-state index contributed by atoms with van der Waals surface area (Å²) in [7, 11) is -2.08. The molecule has 2 fully saturated rings. The van der Waals surface area contributed by atoms with Gasteiger partial charge in [0.15, 0.2) is 0 Å². The van der Waals surface area contributed by atoms with E-state index in [2.05, 4.69) is 14.6 Å². The summed E-state index contributed by atoms with van der Waals surface area (Å²) in [5, 5.41) is 0. The summed E-state index contributed by atoms with van der Waals surface area (Å²) in [4.78, 5) is 21.1. The minimum atomic E-state index is -3.46. The number of amides is 1. The molecular weight excluding hydrogens is 340 g/mol. The van der Waals surface area contributed by atoms with Crippen molar-refractivity contribution in [3.8, 4) is 0 Å². The van der Waals surface area contributed by atoms with E-state index in [0.717, 1.165) is 31.7 Å². The highest BCUT2D eigenvalue weighted by atomic mass is 32.2. The second-order valence-corrected chi connectivity index (χ2v) is 8.59. The third kappa shape index (κ3) is 4.12. The summed E-state index contributed by atoms with van der Waals surface area (Å²) in [5.74, 6) is 1.27. The molecule has 1 aromatic rings. The number of nitrogens with one attached hydrogen (secondary N) is 1. The Morgan fingerprint density at radius 2 is 1.80 bits per heavy atom. The Balaban J connectivity index is 1.57. The lowest BCUT2D eigenvalue weighted by Gasteiger charge is -2.37. The molecule has 138 valence electrons. The lowest BCUT2D eigenvalue weighted by atomic mass is 9.88. The van der Waals surface area contributed by atoms with E-state index in [-0.39, 0.29) is 10.8 Å². The minimum absolute atomic E-state index is 0.157. The second-order valence-electron chi connectivity index (χ2n) is 6.71. The molecule has 1 aliphatic carbocycles. The maximum absolute atomic E-state index is 12.6. The second kappa shape index (κ2) is 7.70. The molecule has 0 atom stereocenters. The fraction of sp³-hybridized carbons (Fsp3) is 0.647. The van der Waals surface area contributed by atoms with E-state index in [1.807, 2.05) is 4.90 Å². The summed E-state index contributed by atoms with van der Waals surface area (Å²) in [6.07, 6.45) is 7.03. The highest BCUT2D eigenvalue weighted by Crippen LogP contribution is 2.26. The average molecular weight is 366 g/mol. The highest BCUT2D eigenvalue weighted by molar-refractivity contribution is 7.89. The fourth-order valence-corrected chi connectivity index (χ4v) is 4.27. The number of nitrogens with zero attached hydrogens (tertiary/aromatic N) is 3. The van der Waals surface area contributed by atoms with E-state index < -0.39 is 10.0 Å². The third-order valence-corrected chi connectivity index (χ3v) is 6.57. The number of rotatable bonds is 4. The van der Waals surface area contributed by atoms with Crippen LogP contribution in [-0.4, -0.2) is 57.4 Å². The van der Waals surface area contributed by atoms with Gasteiger partial charge in [0.1, 0.15) is 10.7 Å². The van der Waals surface area contributed by atoms with Gasteiger partial charge in [0.05, 0.1) is 0 Å². The van der Waals surface area contributed by atoms with Gasteiger partial charge in [0.25, 0.3) is 0 Å². The van der Waals surface area contributed by atoms with E-state index >= 15 is 0 Å². The van der Waals surface area contributed by atoms with Crippen molar-refractivity contribution in [2.75, 3.05) is 38.1 Å². The van der Waals surface area contributed by atoms with Crippen LogP contribution in [0, 0.1) is 5.92 Å². The van der Waals surface area contributed by atoms with Crippen LogP contribution in [0.5, 0.6) is 0 Å². The number of sulfonamides is 1. The number of anilines is 1. The van der Waals surface area contributed by atoms with Crippen LogP contribution >= 0.6 is 0 Å². The van der Waals surface area contributed by atoms with Gasteiger partial charge in [-0.15, -0.1) is 0 Å². The van der Waals surface area contributed by atoms with Crippen molar-refractivity contribution >= 4 is 21.7 Å². The number of carbonyl (C=O) groups excluding carboxylic acids is 1. The molecule has 0 radical (unpaired) electrons. The molecule has 0 aromatic carbocycles. The largest absolute Gasteiger partial charge is 0.353 e. The molecule has 0 spiro atoms. The summed E-state index contributed by atoms with van der Waals surface area (Å²) in [6.45, 7) is 2.86. The molecule has 1 aliphatic heterocycles. The van der Waals surface area contributed by atoms with Crippen molar-refractivity contribution in [2.24, 2.45) is 5.92 Å². The van der Waals surface area contributed by atoms with Crippen LogP contribution in [0.3, 0.4) is 0 Å². The quantitative estimate of drug-likeness (QED) is 0.866. The van der Waals surface area contributed by atoms with Gasteiger partial charge < -0.3 is 9.80 Å². The van der Waals surface area contributed by atoms with Gasteiger partial charge >= 0.3 is 0 Å². The zero-order valence-electron chi connectivity index (χ0n) is 14.6. The van der Waals surface area contributed by atoms with Gasteiger partial charge in [-0.2, -0.15) is 0 Å². The molecule has 1 N–H and O–H groups in total. The molecule has 8 heteroatoms. The molecule has 3 rings (SSSR count). The Labute approximate surface area is 149 Å². The molecule has 2 aliphatic rings. The monoisotopic (exact) mass is 366 g/mol. The topological polar surface area (TPSA) is 82.6 Å². The van der Waals surface area contributed by atoms with E-state index in [1.165, 1.54) is 32.5 Å². The first-order valence-corrected chi connectivity index (χ1v) is 10.4. The van der Waals surface area contributed by atoms with E-state index in [0.29, 0.717) is 19.0 Å². The lowest BCUT2D eigenvalue weighted by molar-refractivity contribution is -0.136.